The molecule has 98 valence electrons. The van der Waals surface area contributed by atoms with E-state index in [9.17, 15) is 4.39 Å². The minimum absolute atomic E-state index is 0.132. The number of ether oxygens (including phenoxy) is 2. The molecule has 0 bridgehead atoms. The average molecular weight is 273 g/mol. The second-order valence-corrected chi connectivity index (χ2v) is 4.36. The molecule has 2 atom stereocenters. The molecule has 1 unspecified atom stereocenters. The number of halogens is 2. The fourth-order valence-electron chi connectivity index (χ4n) is 1.91. The maximum Gasteiger partial charge on any atom is 0.282 e. The van der Waals surface area contributed by atoms with Crippen LogP contribution in [0.15, 0.2) is 23.2 Å². The molecule has 2 N–H and O–H groups in total. The molecule has 0 aliphatic carbocycles. The Bertz CT molecular complexity index is 447. The van der Waals surface area contributed by atoms with Crippen LogP contribution in [0.1, 0.15) is 18.6 Å². The van der Waals surface area contributed by atoms with Gasteiger partial charge in [-0.05, 0) is 30.7 Å². The van der Waals surface area contributed by atoms with E-state index in [-0.39, 0.29) is 12.1 Å². The van der Waals surface area contributed by atoms with Crippen molar-refractivity contribution in [3.05, 3.63) is 34.6 Å². The van der Waals surface area contributed by atoms with Gasteiger partial charge in [-0.15, -0.1) is 0 Å². The van der Waals surface area contributed by atoms with E-state index < -0.39 is 11.9 Å². The average Bonchev–Trinajstić information content (AvgIpc) is 2.71. The Balaban J connectivity index is 2.29. The lowest BCUT2D eigenvalue weighted by molar-refractivity contribution is 0.0372. The highest BCUT2D eigenvalue weighted by Gasteiger charge is 2.29. The van der Waals surface area contributed by atoms with Crippen LogP contribution in [0, 0.1) is 5.82 Å². The zero-order valence-electron chi connectivity index (χ0n) is 9.90. The highest BCUT2D eigenvalue weighted by atomic mass is 35.5. The van der Waals surface area contributed by atoms with Crippen molar-refractivity contribution in [3.8, 4) is 0 Å². The summed E-state index contributed by atoms with van der Waals surface area (Å²) in [6.07, 6.45) is -0.413. The van der Waals surface area contributed by atoms with Gasteiger partial charge in [0.05, 0.1) is 0 Å². The van der Waals surface area contributed by atoms with Crippen molar-refractivity contribution in [1.82, 2.24) is 0 Å². The standard InChI is InChI=1S/C12H14ClFN2O2/c1-2-17-11(10-6-18-12(15)16-10)7-3-8(13)5-9(14)4-7/h3-5,10-11H,2,6H2,1H3,(H2,15,16)/t10?,11-/m0/s1. The molecule has 1 aromatic rings. The van der Waals surface area contributed by atoms with Crippen LogP contribution in [0.2, 0.25) is 5.02 Å². The molecule has 6 heteroatoms. The predicted molar refractivity (Wildman–Crippen MR) is 67.1 cm³/mol. The van der Waals surface area contributed by atoms with Crippen LogP contribution in [0.4, 0.5) is 4.39 Å². The van der Waals surface area contributed by atoms with Gasteiger partial charge in [0.1, 0.15) is 24.6 Å². The first kappa shape index (κ1) is 13.1. The minimum Gasteiger partial charge on any atom is -0.463 e. The Labute approximate surface area is 110 Å². The van der Waals surface area contributed by atoms with Crippen molar-refractivity contribution in [2.24, 2.45) is 10.7 Å². The molecule has 0 fully saturated rings. The van der Waals surface area contributed by atoms with Crippen LogP contribution in [0.5, 0.6) is 0 Å². The van der Waals surface area contributed by atoms with Gasteiger partial charge in [-0.1, -0.05) is 11.6 Å². The van der Waals surface area contributed by atoms with Crippen molar-refractivity contribution < 1.29 is 13.9 Å². The van der Waals surface area contributed by atoms with Gasteiger partial charge in [0, 0.05) is 11.6 Å². The summed E-state index contributed by atoms with van der Waals surface area (Å²) in [4.78, 5) is 4.12. The van der Waals surface area contributed by atoms with Crippen molar-refractivity contribution in [3.63, 3.8) is 0 Å². The highest BCUT2D eigenvalue weighted by molar-refractivity contribution is 6.30. The summed E-state index contributed by atoms with van der Waals surface area (Å²) in [6, 6.07) is 4.15. The Morgan fingerprint density at radius 3 is 2.94 bits per heavy atom. The molecule has 1 heterocycles. The van der Waals surface area contributed by atoms with Gasteiger partial charge in [-0.2, -0.15) is 0 Å². The van der Waals surface area contributed by atoms with Crippen molar-refractivity contribution in [1.29, 1.82) is 0 Å². The van der Waals surface area contributed by atoms with Gasteiger partial charge in [0.15, 0.2) is 0 Å². The smallest absolute Gasteiger partial charge is 0.282 e. The number of nitrogens with two attached hydrogens (primary N) is 1. The van der Waals surface area contributed by atoms with Crippen LogP contribution in [0.3, 0.4) is 0 Å². The minimum atomic E-state index is -0.413. The molecule has 0 saturated carbocycles. The molecule has 2 rings (SSSR count). The van der Waals surface area contributed by atoms with Crippen molar-refractivity contribution >= 4 is 17.6 Å². The maximum atomic E-state index is 13.4. The Hall–Kier alpha value is -1.33. The van der Waals surface area contributed by atoms with Crippen molar-refractivity contribution in [2.45, 2.75) is 19.1 Å². The number of nitrogens with zero attached hydrogens (tertiary/aromatic N) is 1. The molecular weight excluding hydrogens is 259 g/mol. The highest BCUT2D eigenvalue weighted by Crippen LogP contribution is 2.28. The van der Waals surface area contributed by atoms with Gasteiger partial charge in [-0.3, -0.25) is 0 Å². The molecular formula is C12H14ClFN2O2. The summed E-state index contributed by atoms with van der Waals surface area (Å²) in [5.74, 6) is -0.405. The normalized spacial score (nSPS) is 20.4. The van der Waals surface area contributed by atoms with Gasteiger partial charge >= 0.3 is 0 Å². The van der Waals surface area contributed by atoms with Crippen LogP contribution in [-0.4, -0.2) is 25.3 Å². The summed E-state index contributed by atoms with van der Waals surface area (Å²) < 4.78 is 24.1. The predicted octanol–water partition coefficient (Wildman–Crippen LogP) is 2.27. The second-order valence-electron chi connectivity index (χ2n) is 3.92. The first-order valence-corrected chi connectivity index (χ1v) is 6.01. The van der Waals surface area contributed by atoms with E-state index >= 15 is 0 Å². The first-order valence-electron chi connectivity index (χ1n) is 5.64. The summed E-state index contributed by atoms with van der Waals surface area (Å²) in [7, 11) is 0. The molecule has 1 aromatic carbocycles. The molecule has 1 aliphatic heterocycles. The molecule has 0 spiro atoms. The summed E-state index contributed by atoms with van der Waals surface area (Å²) >= 11 is 5.84. The molecule has 4 nitrogen and oxygen atoms in total. The van der Waals surface area contributed by atoms with E-state index in [2.05, 4.69) is 4.99 Å². The number of hydrogen-bond donors (Lipinski definition) is 1. The number of rotatable bonds is 4. The quantitative estimate of drug-likeness (QED) is 0.915. The van der Waals surface area contributed by atoms with E-state index in [1.165, 1.54) is 12.1 Å². The maximum absolute atomic E-state index is 13.4. The number of benzene rings is 1. The van der Waals surface area contributed by atoms with Gasteiger partial charge in [0.25, 0.3) is 6.02 Å². The van der Waals surface area contributed by atoms with Gasteiger partial charge in [-0.25, -0.2) is 9.38 Å². The van der Waals surface area contributed by atoms with Crippen LogP contribution in [-0.2, 0) is 9.47 Å². The zero-order chi connectivity index (χ0) is 13.1. The van der Waals surface area contributed by atoms with Crippen LogP contribution < -0.4 is 5.73 Å². The lowest BCUT2D eigenvalue weighted by Gasteiger charge is -2.20. The molecule has 0 amide bonds. The third kappa shape index (κ3) is 2.91. The lowest BCUT2D eigenvalue weighted by atomic mass is 10.0. The molecule has 0 saturated heterocycles. The van der Waals surface area contributed by atoms with E-state index in [0.717, 1.165) is 0 Å². The van der Waals surface area contributed by atoms with E-state index in [1.807, 2.05) is 6.92 Å². The molecule has 0 aromatic heterocycles. The van der Waals surface area contributed by atoms with Gasteiger partial charge in [0.2, 0.25) is 0 Å². The Kier molecular flexibility index (Phi) is 4.04. The zero-order valence-corrected chi connectivity index (χ0v) is 10.7. The molecule has 1 aliphatic rings. The second kappa shape index (κ2) is 5.54. The summed E-state index contributed by atoms with van der Waals surface area (Å²) in [5, 5.41) is 0.325. The number of amidine groups is 1. The van der Waals surface area contributed by atoms with E-state index in [1.54, 1.807) is 6.07 Å². The fraction of sp³-hybridized carbons (Fsp3) is 0.417. The first-order chi connectivity index (χ1) is 8.60. The number of hydrogen-bond acceptors (Lipinski definition) is 4. The van der Waals surface area contributed by atoms with Crippen molar-refractivity contribution in [2.75, 3.05) is 13.2 Å². The van der Waals surface area contributed by atoms with Crippen LogP contribution >= 0.6 is 11.6 Å². The third-order valence-corrected chi connectivity index (χ3v) is 2.82. The van der Waals surface area contributed by atoms with Crippen LogP contribution in [0.25, 0.3) is 0 Å². The van der Waals surface area contributed by atoms with E-state index in [4.69, 9.17) is 26.8 Å². The van der Waals surface area contributed by atoms with E-state index in [0.29, 0.717) is 23.8 Å². The lowest BCUT2D eigenvalue weighted by Crippen LogP contribution is -2.21. The summed E-state index contributed by atoms with van der Waals surface area (Å²) in [6.45, 7) is 2.66. The monoisotopic (exact) mass is 272 g/mol. The Morgan fingerprint density at radius 2 is 2.39 bits per heavy atom. The fourth-order valence-corrected chi connectivity index (χ4v) is 2.14. The topological polar surface area (TPSA) is 56.8 Å². The Morgan fingerprint density at radius 1 is 1.61 bits per heavy atom. The SMILES string of the molecule is CCO[C@@H](c1cc(F)cc(Cl)c1)C1COC(N)=N1. The van der Waals surface area contributed by atoms with Gasteiger partial charge < -0.3 is 15.2 Å². The summed E-state index contributed by atoms with van der Waals surface area (Å²) in [5.41, 5.74) is 6.10. The molecule has 0 radical (unpaired) electrons. The largest absolute Gasteiger partial charge is 0.463 e. The third-order valence-electron chi connectivity index (χ3n) is 2.60. The molecule has 18 heavy (non-hydrogen) atoms. The number of aliphatic imine (C=N–C) groups is 1.